The third-order valence-electron chi connectivity index (χ3n) is 0. The summed E-state index contributed by atoms with van der Waals surface area (Å²) < 4.78 is 0. The van der Waals surface area contributed by atoms with E-state index in [4.69, 9.17) is 9.90 Å². The van der Waals surface area contributed by atoms with Crippen LogP contribution < -0.4 is 18.9 Å². The minimum absolute atomic E-state index is 0. The molecule has 0 unspecified atom stereocenters. The Hall–Kier alpha value is -0.0626. The molecule has 0 aliphatic carbocycles. The predicted octanol–water partition coefficient (Wildman–Crippen LogP) is -3.09. The Balaban J connectivity index is 0. The zero-order valence-electron chi connectivity index (χ0n) is 3.06. The molecule has 2 nitrogen and oxygen atoms in total. The van der Waals surface area contributed by atoms with Crippen molar-refractivity contribution in [1.82, 2.24) is 0 Å². The van der Waals surface area contributed by atoms with Crippen molar-refractivity contribution in [2.75, 3.05) is 0 Å². The fraction of sp³-hybridized carbons (Fsp3) is 0. The molecule has 0 rings (SSSR count). The van der Waals surface area contributed by atoms with Gasteiger partial charge in [0.25, 0.3) is 0 Å². The molecular weight excluding hydrogens is 63.0 g/mol. The van der Waals surface area contributed by atoms with Crippen LogP contribution in [0.2, 0.25) is 0 Å². The quantitative estimate of drug-likeness (QED) is 0.240. The second-order valence-corrected chi connectivity index (χ2v) is 0.394. The van der Waals surface area contributed by atoms with Crippen molar-refractivity contribution in [3.8, 4) is 0 Å². The van der Waals surface area contributed by atoms with E-state index in [0.29, 0.717) is 0 Å². The van der Waals surface area contributed by atoms with Crippen molar-refractivity contribution in [2.24, 2.45) is 0 Å². The Morgan fingerprint density at radius 2 is 1.80 bits per heavy atom. The molecule has 1 N–H and O–H groups in total. The molecule has 3 heteroatoms. The zero-order valence-corrected chi connectivity index (χ0v) is 3.06. The van der Waals surface area contributed by atoms with E-state index in [1.807, 2.05) is 0 Å². The number of hydrogen-bond acceptors (Lipinski definition) is 1. The van der Waals surface area contributed by atoms with Crippen LogP contribution in [-0.2, 0) is 4.79 Å². The average Bonchev–Trinajstić information content (AvgIpc) is 0.811. The van der Waals surface area contributed by atoms with Crippen LogP contribution in [0.5, 0.6) is 0 Å². The molecule has 0 amide bonds. The van der Waals surface area contributed by atoms with Crippen LogP contribution in [-0.4, -0.2) is 11.1 Å². The molecule has 0 radical (unpaired) electrons. The average molecular weight is 66.0 g/mol. The molecule has 24 valence electrons. The first-order valence-corrected chi connectivity index (χ1v) is 0.781. The van der Waals surface area contributed by atoms with Crippen LogP contribution in [0, 0.1) is 6.92 Å². The fourth-order valence-corrected chi connectivity index (χ4v) is 0. The SMILES string of the molecule is [CH2-]C(=O)O.[Li+]. The number of carbonyl (C=O) groups is 1. The summed E-state index contributed by atoms with van der Waals surface area (Å²) in [6, 6.07) is 0. The van der Waals surface area contributed by atoms with Gasteiger partial charge >= 0.3 is 18.9 Å². The van der Waals surface area contributed by atoms with E-state index in [1.165, 1.54) is 0 Å². The van der Waals surface area contributed by atoms with E-state index in [-0.39, 0.29) is 18.9 Å². The van der Waals surface area contributed by atoms with E-state index < -0.39 is 5.97 Å². The molecule has 0 bridgehead atoms. The topological polar surface area (TPSA) is 37.3 Å². The van der Waals surface area contributed by atoms with Gasteiger partial charge in [0, 0.05) is 0 Å². The molecule has 0 atom stereocenters. The number of rotatable bonds is 0. The molecule has 0 heterocycles. The van der Waals surface area contributed by atoms with Crippen molar-refractivity contribution in [3.05, 3.63) is 6.92 Å². The molecule has 0 aromatic rings. The van der Waals surface area contributed by atoms with E-state index in [2.05, 4.69) is 6.92 Å². The smallest absolute Gasteiger partial charge is 0.503 e. The van der Waals surface area contributed by atoms with Crippen molar-refractivity contribution in [2.45, 2.75) is 0 Å². The van der Waals surface area contributed by atoms with E-state index in [9.17, 15) is 0 Å². The van der Waals surface area contributed by atoms with Gasteiger partial charge < -0.3 is 5.11 Å². The van der Waals surface area contributed by atoms with Gasteiger partial charge in [0.1, 0.15) is 0 Å². The summed E-state index contributed by atoms with van der Waals surface area (Å²) in [5, 5.41) is 7.31. The van der Waals surface area contributed by atoms with Crippen LogP contribution >= 0.6 is 0 Å². The molecular formula is C2H3LiO2. The van der Waals surface area contributed by atoms with E-state index >= 15 is 0 Å². The normalized spacial score (nSPS) is 4.80. The Bertz CT molecular complexity index is 30.6. The first kappa shape index (κ1) is 8.87. The largest absolute Gasteiger partial charge is 1.00 e. The summed E-state index contributed by atoms with van der Waals surface area (Å²) in [6.45, 7) is 2.56. The first-order chi connectivity index (χ1) is 1.73. The van der Waals surface area contributed by atoms with Crippen molar-refractivity contribution in [1.29, 1.82) is 0 Å². The predicted molar refractivity (Wildman–Crippen MR) is 13.0 cm³/mol. The molecule has 0 aromatic carbocycles. The van der Waals surface area contributed by atoms with Gasteiger partial charge in [-0.25, -0.2) is 0 Å². The van der Waals surface area contributed by atoms with Gasteiger partial charge in [-0.1, -0.05) is 0 Å². The molecule has 0 saturated carbocycles. The Morgan fingerprint density at radius 3 is 1.80 bits per heavy atom. The fourth-order valence-electron chi connectivity index (χ4n) is 0. The maximum Gasteiger partial charge on any atom is 1.00 e. The van der Waals surface area contributed by atoms with Crippen molar-refractivity contribution in [3.63, 3.8) is 0 Å². The molecule has 0 aliphatic rings. The van der Waals surface area contributed by atoms with Gasteiger partial charge in [-0.2, -0.15) is 0 Å². The summed E-state index contributed by atoms with van der Waals surface area (Å²) in [4.78, 5) is 8.89. The van der Waals surface area contributed by atoms with Gasteiger partial charge in [-0.05, 0) is 0 Å². The number of aliphatic carboxylic acids is 1. The third-order valence-corrected chi connectivity index (χ3v) is 0. The molecule has 5 heavy (non-hydrogen) atoms. The summed E-state index contributed by atoms with van der Waals surface area (Å²) in [7, 11) is 0. The monoisotopic (exact) mass is 66.0 g/mol. The van der Waals surface area contributed by atoms with Gasteiger partial charge in [0.15, 0.2) is 5.97 Å². The van der Waals surface area contributed by atoms with E-state index in [1.54, 1.807) is 0 Å². The van der Waals surface area contributed by atoms with Crippen molar-refractivity contribution >= 4 is 5.97 Å². The summed E-state index contributed by atoms with van der Waals surface area (Å²) in [5.41, 5.74) is 0. The van der Waals surface area contributed by atoms with Gasteiger partial charge in [0.2, 0.25) is 0 Å². The molecule has 0 fully saturated rings. The van der Waals surface area contributed by atoms with Crippen LogP contribution in [0.4, 0.5) is 0 Å². The first-order valence-electron chi connectivity index (χ1n) is 0.781. The van der Waals surface area contributed by atoms with Crippen LogP contribution in [0.1, 0.15) is 0 Å². The zero-order chi connectivity index (χ0) is 3.58. The molecule has 0 aliphatic heterocycles. The number of carboxylic acid groups (broad SMARTS) is 1. The van der Waals surface area contributed by atoms with E-state index in [0.717, 1.165) is 0 Å². The molecule has 0 spiro atoms. The third kappa shape index (κ3) is 3770. The second-order valence-electron chi connectivity index (χ2n) is 0.394. The Morgan fingerprint density at radius 1 is 1.80 bits per heavy atom. The summed E-state index contributed by atoms with van der Waals surface area (Å²) >= 11 is 0. The van der Waals surface area contributed by atoms with Crippen LogP contribution in [0.25, 0.3) is 0 Å². The minimum atomic E-state index is -1.08. The summed E-state index contributed by atoms with van der Waals surface area (Å²) in [6.07, 6.45) is 0. The maximum atomic E-state index is 8.89. The molecule has 0 aromatic heterocycles. The van der Waals surface area contributed by atoms with Crippen LogP contribution in [0.3, 0.4) is 0 Å². The van der Waals surface area contributed by atoms with Gasteiger partial charge in [-0.15, -0.1) is 0 Å². The number of carboxylic acids is 1. The van der Waals surface area contributed by atoms with Crippen molar-refractivity contribution < 1.29 is 28.8 Å². The number of hydrogen-bond donors (Lipinski definition) is 1. The standard InChI is InChI=1S/C2H3O2.Li/c1-2(3)4;/h1H2,(H,3,4);/q-1;+1. The molecule has 0 saturated heterocycles. The van der Waals surface area contributed by atoms with Gasteiger partial charge in [0.05, 0.1) is 0 Å². The van der Waals surface area contributed by atoms with Gasteiger partial charge in [-0.3, -0.25) is 11.7 Å². The summed E-state index contributed by atoms with van der Waals surface area (Å²) in [5.74, 6) is -1.08. The minimum Gasteiger partial charge on any atom is -0.503 e. The Labute approximate surface area is 42.4 Å². The van der Waals surface area contributed by atoms with Crippen LogP contribution in [0.15, 0.2) is 0 Å². The maximum absolute atomic E-state index is 8.89. The Kier molecular flexibility index (Phi) is 6.99. The second kappa shape index (κ2) is 3.94.